The number of carbonyl (C=O) groups is 1. The van der Waals surface area contributed by atoms with Crippen LogP contribution in [0.1, 0.15) is 23.1 Å². The van der Waals surface area contributed by atoms with Gasteiger partial charge < -0.3 is 14.8 Å². The highest BCUT2D eigenvalue weighted by Crippen LogP contribution is 2.38. The summed E-state index contributed by atoms with van der Waals surface area (Å²) in [6, 6.07) is 5.26. The van der Waals surface area contributed by atoms with Crippen molar-refractivity contribution in [1.82, 2.24) is 19.5 Å². The Bertz CT molecular complexity index is 1060. The maximum absolute atomic E-state index is 14.1. The molecule has 3 aromatic rings. The summed E-state index contributed by atoms with van der Waals surface area (Å²) >= 11 is 5.48. The highest BCUT2D eigenvalue weighted by molar-refractivity contribution is 6.23. The van der Waals surface area contributed by atoms with E-state index < -0.39 is 11.8 Å². The molecule has 0 bridgehead atoms. The molecule has 0 amide bonds. The van der Waals surface area contributed by atoms with Crippen LogP contribution >= 0.6 is 11.8 Å². The number of fused-ring (bicyclic) bond motifs is 3. The van der Waals surface area contributed by atoms with Gasteiger partial charge in [0.05, 0.1) is 29.9 Å². The van der Waals surface area contributed by atoms with Crippen molar-refractivity contribution in [3.63, 3.8) is 0 Å². The van der Waals surface area contributed by atoms with Gasteiger partial charge in [-0.15, -0.1) is 0 Å². The van der Waals surface area contributed by atoms with E-state index in [9.17, 15) is 9.18 Å². The number of carbonyl (C=O) groups excluding carboxylic acids is 1. The zero-order valence-corrected chi connectivity index (χ0v) is 15.3. The quantitative estimate of drug-likeness (QED) is 0.493. The first-order chi connectivity index (χ1) is 13.6. The number of nitrogens with zero attached hydrogens (tertiary/aromatic N) is 4. The van der Waals surface area contributed by atoms with Crippen LogP contribution in [0, 0.1) is 5.82 Å². The van der Waals surface area contributed by atoms with Crippen LogP contribution < -0.4 is 14.9 Å². The summed E-state index contributed by atoms with van der Waals surface area (Å²) < 4.78 is 26.7. The summed E-state index contributed by atoms with van der Waals surface area (Å²) in [6.07, 6.45) is 2.52. The van der Waals surface area contributed by atoms with E-state index in [1.54, 1.807) is 29.7 Å². The molecule has 0 saturated carbocycles. The lowest BCUT2D eigenvalue weighted by Gasteiger charge is -2.23. The zero-order chi connectivity index (χ0) is 19.7. The topological polar surface area (TPSA) is 103 Å². The van der Waals surface area contributed by atoms with E-state index in [0.29, 0.717) is 22.8 Å². The van der Waals surface area contributed by atoms with Crippen LogP contribution in [0.3, 0.4) is 0 Å². The van der Waals surface area contributed by atoms with Crippen LogP contribution in [-0.4, -0.2) is 32.1 Å². The van der Waals surface area contributed by atoms with E-state index in [1.165, 1.54) is 6.33 Å². The first kappa shape index (κ1) is 18.0. The van der Waals surface area contributed by atoms with Crippen molar-refractivity contribution in [2.75, 3.05) is 16.8 Å². The maximum Gasteiger partial charge on any atom is 0.358 e. The minimum atomic E-state index is -0.656. The van der Waals surface area contributed by atoms with Gasteiger partial charge in [-0.3, -0.25) is 9.40 Å². The van der Waals surface area contributed by atoms with Crippen LogP contribution in [0.4, 0.5) is 21.8 Å². The molecule has 1 aliphatic rings. The maximum atomic E-state index is 14.1. The molecule has 0 atom stereocenters. The highest BCUT2D eigenvalue weighted by Gasteiger charge is 2.27. The summed E-state index contributed by atoms with van der Waals surface area (Å²) in [7, 11) is 0. The molecule has 2 aromatic heterocycles. The van der Waals surface area contributed by atoms with Crippen LogP contribution in [0.15, 0.2) is 30.7 Å². The Hall–Kier alpha value is -3.40. The van der Waals surface area contributed by atoms with Gasteiger partial charge >= 0.3 is 5.97 Å². The lowest BCUT2D eigenvalue weighted by Crippen LogP contribution is -2.17. The summed E-state index contributed by atoms with van der Waals surface area (Å²) in [5, 5.41) is 2.88. The van der Waals surface area contributed by atoms with Crippen molar-refractivity contribution in [2.45, 2.75) is 13.5 Å². The van der Waals surface area contributed by atoms with Gasteiger partial charge in [-0.25, -0.2) is 19.2 Å². The molecule has 0 saturated heterocycles. The summed E-state index contributed by atoms with van der Waals surface area (Å²) in [4.78, 5) is 26.1. The molecule has 1 aliphatic heterocycles. The van der Waals surface area contributed by atoms with Crippen LogP contribution in [0.2, 0.25) is 0 Å². The number of hydrogen-bond donors (Lipinski definition) is 2. The number of nitrogens with one attached hydrogen (secondary N) is 2. The Labute approximate surface area is 163 Å². The number of imidazole rings is 1. The van der Waals surface area contributed by atoms with Crippen molar-refractivity contribution in [3.8, 4) is 11.4 Å². The summed E-state index contributed by atoms with van der Waals surface area (Å²) in [5.41, 5.74) is 1.89. The van der Waals surface area contributed by atoms with Crippen molar-refractivity contribution in [2.24, 2.45) is 0 Å². The van der Waals surface area contributed by atoms with E-state index in [0.717, 1.165) is 6.20 Å². The number of ether oxygens (including phenoxy) is 2. The predicted molar refractivity (Wildman–Crippen MR) is 98.6 cm³/mol. The number of aromatic nitrogens is 4. The zero-order valence-electron chi connectivity index (χ0n) is 14.6. The molecular weight excluding hydrogens is 391 g/mol. The molecule has 2 N–H and O–H groups in total. The third-order valence-corrected chi connectivity index (χ3v) is 4.19. The molecular formula is C17H14ClFN6O3. The third kappa shape index (κ3) is 3.07. The van der Waals surface area contributed by atoms with Crippen molar-refractivity contribution in [3.05, 3.63) is 47.9 Å². The molecule has 3 heterocycles. The number of halogens is 2. The fourth-order valence-corrected chi connectivity index (χ4v) is 2.91. The first-order valence-electron chi connectivity index (χ1n) is 8.28. The molecule has 11 heteroatoms. The Balaban J connectivity index is 1.72. The third-order valence-electron chi connectivity index (χ3n) is 4.02. The molecule has 0 aliphatic carbocycles. The van der Waals surface area contributed by atoms with E-state index in [1.807, 2.05) is 0 Å². The summed E-state index contributed by atoms with van der Waals surface area (Å²) in [6.45, 7) is 2.07. The Morgan fingerprint density at radius 3 is 3.07 bits per heavy atom. The van der Waals surface area contributed by atoms with Gasteiger partial charge in [0, 0.05) is 11.8 Å². The van der Waals surface area contributed by atoms with Crippen LogP contribution in [0.5, 0.6) is 5.75 Å². The molecule has 28 heavy (non-hydrogen) atoms. The van der Waals surface area contributed by atoms with Gasteiger partial charge in [0.15, 0.2) is 23.1 Å². The van der Waals surface area contributed by atoms with E-state index in [-0.39, 0.29) is 30.7 Å². The summed E-state index contributed by atoms with van der Waals surface area (Å²) in [5.74, 6) is -0.731. The van der Waals surface area contributed by atoms with Gasteiger partial charge in [0.2, 0.25) is 5.95 Å². The number of esters is 1. The highest BCUT2D eigenvalue weighted by atomic mass is 35.5. The minimum Gasteiger partial charge on any atom is -0.483 e. The molecule has 0 fully saturated rings. The molecule has 0 unspecified atom stereocenters. The van der Waals surface area contributed by atoms with Gasteiger partial charge in [0.25, 0.3) is 0 Å². The van der Waals surface area contributed by atoms with Crippen molar-refractivity contribution >= 4 is 35.2 Å². The first-order valence-corrected chi connectivity index (χ1v) is 8.66. The largest absolute Gasteiger partial charge is 0.483 e. The van der Waals surface area contributed by atoms with E-state index >= 15 is 0 Å². The van der Waals surface area contributed by atoms with E-state index in [2.05, 4.69) is 25.1 Å². The molecule has 144 valence electrons. The van der Waals surface area contributed by atoms with E-state index in [4.69, 9.17) is 21.3 Å². The fraction of sp³-hybridized carbons (Fsp3) is 0.176. The van der Waals surface area contributed by atoms with Gasteiger partial charge in [-0.1, -0.05) is 6.07 Å². The lowest BCUT2D eigenvalue weighted by atomic mass is 10.2. The Morgan fingerprint density at radius 2 is 2.29 bits per heavy atom. The number of rotatable bonds is 5. The van der Waals surface area contributed by atoms with Gasteiger partial charge in [-0.05, 0) is 19.1 Å². The molecule has 0 spiro atoms. The monoisotopic (exact) mass is 404 g/mol. The second kappa shape index (κ2) is 7.31. The lowest BCUT2D eigenvalue weighted by molar-refractivity contribution is 0.0516. The normalized spacial score (nSPS) is 11.8. The molecule has 4 rings (SSSR count). The molecule has 9 nitrogen and oxygen atoms in total. The average Bonchev–Trinajstić information content (AvgIpc) is 3.15. The number of benzene rings is 1. The van der Waals surface area contributed by atoms with Crippen LogP contribution in [0.25, 0.3) is 5.69 Å². The smallest absolute Gasteiger partial charge is 0.358 e. The second-order valence-electron chi connectivity index (χ2n) is 5.68. The van der Waals surface area contributed by atoms with Crippen LogP contribution in [-0.2, 0) is 11.3 Å². The average molecular weight is 405 g/mol. The SMILES string of the molecule is CCOC(=O)c1ncn2c1COc1c(Nc3nc(NCl)ncc3F)cccc1-2. The standard InChI is InChI=1S/C17H14ClFN6O3/c1-2-27-16(26)13-12-7-28-14-10(4-3-5-11(14)25(12)8-21-13)22-15-9(19)6-20-17(23-15)24-18/h3-6,8H,2,7H2,1H3,(H2,20,22,23,24). The molecule has 0 radical (unpaired) electrons. The number of para-hydroxylation sites is 1. The van der Waals surface area contributed by atoms with Crippen molar-refractivity contribution in [1.29, 1.82) is 0 Å². The number of hydrogen-bond acceptors (Lipinski definition) is 8. The second-order valence-corrected chi connectivity index (χ2v) is 5.87. The van der Waals surface area contributed by atoms with Crippen molar-refractivity contribution < 1.29 is 18.7 Å². The molecule has 1 aromatic carbocycles. The predicted octanol–water partition coefficient (Wildman–Crippen LogP) is 3.18. The fourth-order valence-electron chi connectivity index (χ4n) is 2.82. The van der Waals surface area contributed by atoms with Gasteiger partial charge in [0.1, 0.15) is 12.9 Å². The Morgan fingerprint density at radius 1 is 1.43 bits per heavy atom. The van der Waals surface area contributed by atoms with Gasteiger partial charge in [-0.2, -0.15) is 4.98 Å². The Kier molecular flexibility index (Phi) is 4.70. The number of anilines is 3. The minimum absolute atomic E-state index is 0.0484.